The van der Waals surface area contributed by atoms with Crippen LogP contribution in [0.5, 0.6) is 0 Å². The number of carboxylic acid groups (broad SMARTS) is 1. The summed E-state index contributed by atoms with van der Waals surface area (Å²) in [5, 5.41) is 9.24. The van der Waals surface area contributed by atoms with Gasteiger partial charge in [0.15, 0.2) is 0 Å². The molecule has 3 rings (SSSR count). The Morgan fingerprint density at radius 2 is 1.96 bits per heavy atom. The van der Waals surface area contributed by atoms with Gasteiger partial charge in [0.05, 0.1) is 0 Å². The van der Waals surface area contributed by atoms with Gasteiger partial charge in [-0.15, -0.1) is 0 Å². The van der Waals surface area contributed by atoms with E-state index in [1.165, 1.54) is 11.8 Å². The zero-order valence-corrected chi connectivity index (χ0v) is 13.3. The Labute approximate surface area is 134 Å². The van der Waals surface area contributed by atoms with Gasteiger partial charge in [-0.25, -0.2) is 4.79 Å². The summed E-state index contributed by atoms with van der Waals surface area (Å²) in [6.45, 7) is 1.50. The number of nitrogens with zero attached hydrogens (tertiary/aromatic N) is 1. The maximum atomic E-state index is 12.8. The number of aryl methyl sites for hydroxylation is 2. The SMILES string of the molecule is CC(C(=O)O)N(C(=O)c1cc2c([nH]c1=O)CCCCC2)C1CC1. The Kier molecular flexibility index (Phi) is 4.24. The monoisotopic (exact) mass is 318 g/mol. The minimum Gasteiger partial charge on any atom is -0.480 e. The highest BCUT2D eigenvalue weighted by Crippen LogP contribution is 2.30. The number of fused-ring (bicyclic) bond motifs is 1. The highest BCUT2D eigenvalue weighted by molar-refractivity contribution is 5.96. The molecule has 0 bridgehead atoms. The molecular weight excluding hydrogens is 296 g/mol. The summed E-state index contributed by atoms with van der Waals surface area (Å²) in [7, 11) is 0. The quantitative estimate of drug-likeness (QED) is 0.827. The van der Waals surface area contributed by atoms with E-state index in [2.05, 4.69) is 4.98 Å². The smallest absolute Gasteiger partial charge is 0.326 e. The van der Waals surface area contributed by atoms with Crippen LogP contribution in [0, 0.1) is 0 Å². The molecule has 1 aromatic rings. The third kappa shape index (κ3) is 3.16. The van der Waals surface area contributed by atoms with E-state index in [9.17, 15) is 19.5 Å². The van der Waals surface area contributed by atoms with Crippen molar-refractivity contribution in [3.63, 3.8) is 0 Å². The number of pyridine rings is 1. The van der Waals surface area contributed by atoms with E-state index in [1.807, 2.05) is 0 Å². The Balaban J connectivity index is 1.96. The second-order valence-corrected chi connectivity index (χ2v) is 6.53. The van der Waals surface area contributed by atoms with Crippen molar-refractivity contribution >= 4 is 11.9 Å². The maximum absolute atomic E-state index is 12.8. The number of nitrogens with one attached hydrogen (secondary N) is 1. The van der Waals surface area contributed by atoms with Gasteiger partial charge in [0.2, 0.25) is 0 Å². The summed E-state index contributed by atoms with van der Waals surface area (Å²) >= 11 is 0. The molecule has 0 saturated heterocycles. The number of carboxylic acids is 1. The normalized spacial score (nSPS) is 18.7. The Bertz CT molecular complexity index is 690. The van der Waals surface area contributed by atoms with Crippen molar-refractivity contribution in [3.05, 3.63) is 33.2 Å². The van der Waals surface area contributed by atoms with Gasteiger partial charge in [0.25, 0.3) is 11.5 Å². The third-order valence-corrected chi connectivity index (χ3v) is 4.77. The van der Waals surface area contributed by atoms with Crippen LogP contribution in [0.2, 0.25) is 0 Å². The second kappa shape index (κ2) is 6.18. The van der Waals surface area contributed by atoms with Crippen molar-refractivity contribution in [1.29, 1.82) is 0 Å². The van der Waals surface area contributed by atoms with Crippen LogP contribution in [0.1, 0.15) is 60.6 Å². The van der Waals surface area contributed by atoms with Crippen LogP contribution in [0.25, 0.3) is 0 Å². The lowest BCUT2D eigenvalue weighted by Gasteiger charge is -2.26. The van der Waals surface area contributed by atoms with Crippen LogP contribution in [0.3, 0.4) is 0 Å². The van der Waals surface area contributed by atoms with Crippen molar-refractivity contribution in [2.75, 3.05) is 0 Å². The van der Waals surface area contributed by atoms with Gasteiger partial charge in [0.1, 0.15) is 11.6 Å². The molecular formula is C17H22N2O4. The summed E-state index contributed by atoms with van der Waals surface area (Å²) in [6.07, 6.45) is 6.48. The van der Waals surface area contributed by atoms with E-state index in [4.69, 9.17) is 0 Å². The van der Waals surface area contributed by atoms with Crippen molar-refractivity contribution < 1.29 is 14.7 Å². The molecule has 0 radical (unpaired) electrons. The van der Waals surface area contributed by atoms with Crippen molar-refractivity contribution in [1.82, 2.24) is 9.88 Å². The molecule has 0 aliphatic heterocycles. The first-order valence-electron chi connectivity index (χ1n) is 8.29. The second-order valence-electron chi connectivity index (χ2n) is 6.53. The van der Waals surface area contributed by atoms with Gasteiger partial charge in [0, 0.05) is 11.7 Å². The van der Waals surface area contributed by atoms with Crippen LogP contribution >= 0.6 is 0 Å². The molecule has 0 spiro atoms. The molecule has 1 fully saturated rings. The van der Waals surface area contributed by atoms with Crippen molar-refractivity contribution in [2.45, 2.75) is 64.0 Å². The predicted molar refractivity (Wildman–Crippen MR) is 84.6 cm³/mol. The number of carbonyl (C=O) groups excluding carboxylic acids is 1. The van der Waals surface area contributed by atoms with E-state index in [-0.39, 0.29) is 11.6 Å². The highest BCUT2D eigenvalue weighted by atomic mass is 16.4. The molecule has 124 valence electrons. The lowest BCUT2D eigenvalue weighted by molar-refractivity contribution is -0.141. The molecule has 6 nitrogen and oxygen atoms in total. The predicted octanol–water partition coefficient (Wildman–Crippen LogP) is 1.72. The first-order chi connectivity index (χ1) is 11.0. The average molecular weight is 318 g/mol. The zero-order valence-electron chi connectivity index (χ0n) is 13.3. The van der Waals surface area contributed by atoms with Crippen LogP contribution in [-0.4, -0.2) is 39.0 Å². The van der Waals surface area contributed by atoms with Gasteiger partial charge in [-0.2, -0.15) is 0 Å². The number of H-pyrrole nitrogens is 1. The van der Waals surface area contributed by atoms with Gasteiger partial charge in [-0.05, 0) is 57.1 Å². The third-order valence-electron chi connectivity index (χ3n) is 4.77. The molecule has 1 saturated carbocycles. The standard InChI is InChI=1S/C17H22N2O4/c1-10(17(22)23)19(12-7-8-12)16(21)13-9-11-5-3-2-4-6-14(11)18-15(13)20/h9-10,12H,2-8H2,1H3,(H,18,20)(H,22,23). The van der Waals surface area contributed by atoms with E-state index < -0.39 is 23.5 Å². The summed E-state index contributed by atoms with van der Waals surface area (Å²) in [5.74, 6) is -1.51. The van der Waals surface area contributed by atoms with E-state index in [0.29, 0.717) is 0 Å². The summed E-state index contributed by atoms with van der Waals surface area (Å²) in [4.78, 5) is 40.6. The van der Waals surface area contributed by atoms with Gasteiger partial charge in [-0.3, -0.25) is 9.59 Å². The molecule has 2 aliphatic carbocycles. The van der Waals surface area contributed by atoms with E-state index >= 15 is 0 Å². The number of amides is 1. The maximum Gasteiger partial charge on any atom is 0.326 e. The number of aliphatic carboxylic acids is 1. The molecule has 1 heterocycles. The first-order valence-corrected chi connectivity index (χ1v) is 8.29. The summed E-state index contributed by atoms with van der Waals surface area (Å²) in [6, 6.07) is 0.700. The van der Waals surface area contributed by atoms with Gasteiger partial charge >= 0.3 is 5.97 Å². The molecule has 2 N–H and O–H groups in total. The lowest BCUT2D eigenvalue weighted by Crippen LogP contribution is -2.46. The zero-order chi connectivity index (χ0) is 16.6. The lowest BCUT2D eigenvalue weighted by atomic mass is 10.0. The molecule has 1 amide bonds. The number of aromatic nitrogens is 1. The molecule has 23 heavy (non-hydrogen) atoms. The van der Waals surface area contributed by atoms with Gasteiger partial charge in [-0.1, -0.05) is 6.42 Å². The van der Waals surface area contributed by atoms with Crippen LogP contribution in [0.4, 0.5) is 0 Å². The highest BCUT2D eigenvalue weighted by Gasteiger charge is 2.39. The van der Waals surface area contributed by atoms with Crippen LogP contribution in [-0.2, 0) is 17.6 Å². The fourth-order valence-electron chi connectivity index (χ4n) is 3.28. The van der Waals surface area contributed by atoms with Gasteiger partial charge < -0.3 is 15.0 Å². The minimum absolute atomic E-state index is 0.0631. The van der Waals surface area contributed by atoms with Crippen LogP contribution in [0.15, 0.2) is 10.9 Å². The van der Waals surface area contributed by atoms with E-state index in [1.54, 1.807) is 6.07 Å². The molecule has 1 atom stereocenters. The van der Waals surface area contributed by atoms with Crippen LogP contribution < -0.4 is 5.56 Å². The Morgan fingerprint density at radius 1 is 1.26 bits per heavy atom. The largest absolute Gasteiger partial charge is 0.480 e. The molecule has 0 aromatic carbocycles. The average Bonchev–Trinajstić information content (AvgIpc) is 3.33. The summed E-state index contributed by atoms with van der Waals surface area (Å²) < 4.78 is 0. The van der Waals surface area contributed by atoms with E-state index in [0.717, 1.165) is 56.2 Å². The molecule has 6 heteroatoms. The fourth-order valence-corrected chi connectivity index (χ4v) is 3.28. The molecule has 1 unspecified atom stereocenters. The number of aromatic amines is 1. The Morgan fingerprint density at radius 3 is 2.61 bits per heavy atom. The van der Waals surface area contributed by atoms with Crippen molar-refractivity contribution in [3.8, 4) is 0 Å². The topological polar surface area (TPSA) is 90.5 Å². The number of rotatable bonds is 4. The first kappa shape index (κ1) is 15.8. The molecule has 2 aliphatic rings. The Hall–Kier alpha value is -2.11. The summed E-state index contributed by atoms with van der Waals surface area (Å²) in [5.41, 5.74) is 1.61. The molecule has 1 aromatic heterocycles. The number of hydrogen-bond acceptors (Lipinski definition) is 3. The van der Waals surface area contributed by atoms with Crippen molar-refractivity contribution in [2.24, 2.45) is 0 Å². The number of carbonyl (C=O) groups is 2. The number of hydrogen-bond donors (Lipinski definition) is 2. The fraction of sp³-hybridized carbons (Fsp3) is 0.588. The minimum atomic E-state index is -1.04.